The van der Waals surface area contributed by atoms with Crippen LogP contribution in [0.4, 0.5) is 0 Å². The Balaban J connectivity index is 1.61. The maximum atomic E-state index is 12.8. The predicted molar refractivity (Wildman–Crippen MR) is 118 cm³/mol. The number of fused-ring (bicyclic) bond motifs is 1. The minimum Gasteiger partial charge on any atom is -0.427 e. The van der Waals surface area contributed by atoms with Crippen molar-refractivity contribution < 1.29 is 28.7 Å². The van der Waals surface area contributed by atoms with E-state index in [0.717, 1.165) is 0 Å². The first-order chi connectivity index (χ1) is 14.8. The lowest BCUT2D eigenvalue weighted by molar-refractivity contribution is -0.180. The second-order valence-electron chi connectivity index (χ2n) is 9.40. The third-order valence-corrected chi connectivity index (χ3v) is 6.98. The molecule has 2 fully saturated rings. The lowest BCUT2D eigenvalue weighted by Crippen LogP contribution is -2.71. The molecule has 2 heterocycles. The minimum atomic E-state index is -0.907. The molecule has 174 valence electrons. The molecule has 32 heavy (non-hydrogen) atoms. The zero-order chi connectivity index (χ0) is 23.8. The van der Waals surface area contributed by atoms with E-state index in [0.29, 0.717) is 5.56 Å². The monoisotopic (exact) mass is 463 g/mol. The van der Waals surface area contributed by atoms with Crippen LogP contribution in [-0.4, -0.2) is 57.7 Å². The molecule has 3 rings (SSSR count). The first-order valence-electron chi connectivity index (χ1n) is 10.3. The molecule has 2 amide bonds. The van der Waals surface area contributed by atoms with E-state index in [1.54, 1.807) is 45.0 Å². The Labute approximate surface area is 191 Å². The number of esters is 2. The van der Waals surface area contributed by atoms with Gasteiger partial charge in [-0.3, -0.25) is 14.4 Å². The van der Waals surface area contributed by atoms with Gasteiger partial charge in [0.1, 0.15) is 23.5 Å². The highest BCUT2D eigenvalue weighted by Crippen LogP contribution is 2.51. The van der Waals surface area contributed by atoms with Crippen LogP contribution in [0.3, 0.4) is 0 Å². The predicted octanol–water partition coefficient (Wildman–Crippen LogP) is 1.32. The van der Waals surface area contributed by atoms with Gasteiger partial charge in [0, 0.05) is 4.75 Å². The van der Waals surface area contributed by atoms with E-state index in [4.69, 9.17) is 15.2 Å². The lowest BCUT2D eigenvalue weighted by atomic mass is 9.95. The summed E-state index contributed by atoms with van der Waals surface area (Å²) in [5.74, 6) is -2.00. The van der Waals surface area contributed by atoms with Crippen LogP contribution < -0.4 is 11.1 Å². The topological polar surface area (TPSA) is 128 Å². The van der Waals surface area contributed by atoms with Gasteiger partial charge in [-0.1, -0.05) is 30.3 Å². The maximum Gasteiger partial charge on any atom is 0.333 e. The third-order valence-electron chi connectivity index (χ3n) is 5.41. The Morgan fingerprint density at radius 3 is 2.41 bits per heavy atom. The van der Waals surface area contributed by atoms with E-state index in [2.05, 4.69) is 5.32 Å². The molecule has 3 N–H and O–H groups in total. The highest BCUT2D eigenvalue weighted by atomic mass is 32.2. The molecule has 0 saturated carbocycles. The van der Waals surface area contributed by atoms with Crippen molar-refractivity contribution in [3.05, 3.63) is 35.9 Å². The Morgan fingerprint density at radius 2 is 1.81 bits per heavy atom. The maximum absolute atomic E-state index is 12.8. The van der Waals surface area contributed by atoms with Crippen molar-refractivity contribution in [2.24, 2.45) is 11.1 Å². The first-order valence-corrected chi connectivity index (χ1v) is 11.2. The SMILES string of the molecule is CC(C)(C)C(=O)OCOC(=O)C1N2C(=O)[C@H](NC(=O)[C@@H](N)c3ccccc3)[C@@H]2SC1(C)C. The Kier molecular flexibility index (Phi) is 6.57. The van der Waals surface area contributed by atoms with E-state index in [1.807, 2.05) is 19.9 Å². The molecule has 0 spiro atoms. The van der Waals surface area contributed by atoms with Gasteiger partial charge < -0.3 is 25.4 Å². The fourth-order valence-electron chi connectivity index (χ4n) is 3.62. The lowest BCUT2D eigenvalue weighted by Gasteiger charge is -2.44. The van der Waals surface area contributed by atoms with Crippen molar-refractivity contribution in [3.8, 4) is 0 Å². The summed E-state index contributed by atoms with van der Waals surface area (Å²) in [5, 5.41) is 2.29. The summed E-state index contributed by atoms with van der Waals surface area (Å²) in [6.07, 6.45) is 0. The number of rotatable bonds is 6. The Morgan fingerprint density at radius 1 is 1.19 bits per heavy atom. The number of hydrogen-bond donors (Lipinski definition) is 2. The number of nitrogens with one attached hydrogen (secondary N) is 1. The largest absolute Gasteiger partial charge is 0.427 e. The number of ether oxygens (including phenoxy) is 2. The molecule has 2 aliphatic rings. The summed E-state index contributed by atoms with van der Waals surface area (Å²) in [4.78, 5) is 51.4. The number of nitrogens with two attached hydrogens (primary N) is 1. The van der Waals surface area contributed by atoms with Gasteiger partial charge >= 0.3 is 11.9 Å². The van der Waals surface area contributed by atoms with Crippen LogP contribution >= 0.6 is 11.8 Å². The average molecular weight is 464 g/mol. The van der Waals surface area contributed by atoms with Crippen LogP contribution in [0.2, 0.25) is 0 Å². The second-order valence-corrected chi connectivity index (χ2v) is 11.2. The van der Waals surface area contributed by atoms with E-state index >= 15 is 0 Å². The summed E-state index contributed by atoms with van der Waals surface area (Å²) in [6.45, 7) is 8.20. The number of carbonyl (C=O) groups is 4. The van der Waals surface area contributed by atoms with Crippen LogP contribution in [0.1, 0.15) is 46.2 Å². The highest BCUT2D eigenvalue weighted by Gasteiger charge is 2.64. The molecule has 1 aromatic carbocycles. The number of thioether (sulfide) groups is 1. The highest BCUT2D eigenvalue weighted by molar-refractivity contribution is 8.01. The fraction of sp³-hybridized carbons (Fsp3) is 0.545. The third kappa shape index (κ3) is 4.61. The van der Waals surface area contributed by atoms with E-state index in [-0.39, 0.29) is 5.91 Å². The van der Waals surface area contributed by atoms with Crippen molar-refractivity contribution in [3.63, 3.8) is 0 Å². The molecule has 9 nitrogen and oxygen atoms in total. The Bertz CT molecular complexity index is 914. The number of amides is 2. The number of nitrogens with zero attached hydrogens (tertiary/aromatic N) is 1. The summed E-state index contributed by atoms with van der Waals surface area (Å²) < 4.78 is 9.47. The van der Waals surface area contributed by atoms with Gasteiger partial charge in [-0.05, 0) is 40.2 Å². The van der Waals surface area contributed by atoms with Crippen LogP contribution in [0.15, 0.2) is 30.3 Å². The number of hydrogen-bond acceptors (Lipinski definition) is 8. The van der Waals surface area contributed by atoms with Crippen molar-refractivity contribution in [1.82, 2.24) is 10.2 Å². The van der Waals surface area contributed by atoms with Gasteiger partial charge in [0.15, 0.2) is 0 Å². The second kappa shape index (κ2) is 8.74. The molecule has 1 unspecified atom stereocenters. The van der Waals surface area contributed by atoms with Gasteiger partial charge in [0.05, 0.1) is 5.41 Å². The van der Waals surface area contributed by atoms with Gasteiger partial charge in [0.2, 0.25) is 18.6 Å². The quantitative estimate of drug-likeness (QED) is 0.367. The molecule has 2 aliphatic heterocycles. The normalized spacial score (nSPS) is 24.8. The molecular weight excluding hydrogens is 434 g/mol. The molecule has 0 radical (unpaired) electrons. The van der Waals surface area contributed by atoms with Crippen molar-refractivity contribution in [2.45, 2.75) is 62.9 Å². The zero-order valence-electron chi connectivity index (χ0n) is 18.8. The van der Waals surface area contributed by atoms with Gasteiger partial charge in [-0.2, -0.15) is 0 Å². The minimum absolute atomic E-state index is 0.379. The van der Waals surface area contributed by atoms with Gasteiger partial charge in [-0.25, -0.2) is 4.79 Å². The summed E-state index contributed by atoms with van der Waals surface area (Å²) in [6, 6.07) is 6.31. The molecule has 0 aromatic heterocycles. The van der Waals surface area contributed by atoms with Crippen molar-refractivity contribution >= 4 is 35.5 Å². The number of carbonyl (C=O) groups excluding carboxylic acids is 4. The molecule has 10 heteroatoms. The smallest absolute Gasteiger partial charge is 0.333 e. The molecule has 2 saturated heterocycles. The summed E-state index contributed by atoms with van der Waals surface area (Å²) in [5.41, 5.74) is 5.94. The summed E-state index contributed by atoms with van der Waals surface area (Å²) in [7, 11) is 0. The van der Waals surface area contributed by atoms with E-state index < -0.39 is 58.3 Å². The molecule has 0 aliphatic carbocycles. The standard InChI is InChI=1S/C22H29N3O6S/c1-21(2,3)20(29)31-11-30-19(28)15-22(4,5)32-18-14(17(27)25(15)18)24-16(26)13(23)12-9-7-6-8-10-12/h6-10,13-15,18H,11,23H2,1-5H3,(H,24,26)/t13-,14-,15?,18-/m0/s1. The number of β-lactam (4-membered cyclic amide) rings is 1. The van der Waals surface area contributed by atoms with Gasteiger partial charge in [-0.15, -0.1) is 11.8 Å². The zero-order valence-corrected chi connectivity index (χ0v) is 19.6. The van der Waals surface area contributed by atoms with Crippen LogP contribution in [0, 0.1) is 5.41 Å². The van der Waals surface area contributed by atoms with Crippen molar-refractivity contribution in [2.75, 3.05) is 6.79 Å². The Hall–Kier alpha value is -2.59. The van der Waals surface area contributed by atoms with Crippen LogP contribution in [-0.2, 0) is 28.7 Å². The van der Waals surface area contributed by atoms with Crippen molar-refractivity contribution in [1.29, 1.82) is 0 Å². The summed E-state index contributed by atoms with van der Waals surface area (Å²) >= 11 is 1.40. The van der Waals surface area contributed by atoms with E-state index in [1.165, 1.54) is 16.7 Å². The van der Waals surface area contributed by atoms with Crippen LogP contribution in [0.25, 0.3) is 0 Å². The van der Waals surface area contributed by atoms with Gasteiger partial charge in [0.25, 0.3) is 0 Å². The molecule has 0 bridgehead atoms. The molecule has 1 aromatic rings. The van der Waals surface area contributed by atoms with E-state index in [9.17, 15) is 19.2 Å². The molecule has 4 atom stereocenters. The fourth-order valence-corrected chi connectivity index (χ4v) is 5.24. The average Bonchev–Trinajstić information content (AvgIpc) is 2.98. The van der Waals surface area contributed by atoms with Crippen LogP contribution in [0.5, 0.6) is 0 Å². The molecular formula is C22H29N3O6S. The number of benzene rings is 1. The first kappa shape index (κ1) is 24.1.